The Hall–Kier alpha value is -1.43. The molecular weight excluding hydrogens is 248 g/mol. The fourth-order valence-corrected chi connectivity index (χ4v) is 2.33. The summed E-state index contributed by atoms with van der Waals surface area (Å²) in [7, 11) is 0. The van der Waals surface area contributed by atoms with E-state index in [0.29, 0.717) is 22.3 Å². The van der Waals surface area contributed by atoms with Crippen LogP contribution in [0.4, 0.5) is 14.5 Å². The first-order chi connectivity index (χ1) is 8.09. The lowest BCUT2D eigenvalue weighted by Crippen LogP contribution is -2.27. The maximum absolute atomic E-state index is 12.4. The average Bonchev–Trinajstić information content (AvgIpc) is 2.60. The van der Waals surface area contributed by atoms with E-state index in [1.165, 1.54) is 11.0 Å². The first-order valence-electron chi connectivity index (χ1n) is 4.98. The quantitative estimate of drug-likeness (QED) is 0.616. The lowest BCUT2D eigenvalue weighted by molar-refractivity contribution is -0.133. The van der Waals surface area contributed by atoms with Crippen LogP contribution in [0.2, 0.25) is 0 Å². The maximum Gasteiger partial charge on any atom is 0.294 e. The van der Waals surface area contributed by atoms with E-state index in [9.17, 15) is 18.4 Å². The number of alkyl halides is 2. The van der Waals surface area contributed by atoms with Crippen molar-refractivity contribution in [1.82, 2.24) is 0 Å². The van der Waals surface area contributed by atoms with Crippen LogP contribution in [-0.2, 0) is 9.59 Å². The van der Waals surface area contributed by atoms with Crippen LogP contribution in [0.15, 0.2) is 29.2 Å². The molecular formula is C11H9F2NO2S. The minimum Gasteiger partial charge on any atom is -0.304 e. The number of ketones is 1. The van der Waals surface area contributed by atoms with Gasteiger partial charge in [0.15, 0.2) is 0 Å². The number of hydrogen-bond donors (Lipinski definition) is 0. The van der Waals surface area contributed by atoms with Crippen LogP contribution in [0.1, 0.15) is 6.42 Å². The van der Waals surface area contributed by atoms with Crippen LogP contribution >= 0.6 is 11.8 Å². The number of benzene rings is 1. The van der Waals surface area contributed by atoms with E-state index in [0.717, 1.165) is 0 Å². The number of rotatable bonds is 3. The Labute approximate surface area is 101 Å². The van der Waals surface area contributed by atoms with Crippen LogP contribution in [0.5, 0.6) is 0 Å². The normalized spacial score (nSPS) is 16.1. The molecule has 1 saturated heterocycles. The summed E-state index contributed by atoms with van der Waals surface area (Å²) in [5, 5.41) is 0. The van der Waals surface area contributed by atoms with E-state index in [2.05, 4.69) is 0 Å². The highest BCUT2D eigenvalue weighted by Crippen LogP contribution is 2.35. The molecule has 2 rings (SSSR count). The molecule has 0 unspecified atom stereocenters. The molecule has 1 amide bonds. The second kappa shape index (κ2) is 4.83. The third-order valence-corrected chi connectivity index (χ3v) is 3.20. The Balaban J connectivity index is 2.32. The molecule has 1 fully saturated rings. The third kappa shape index (κ3) is 2.46. The summed E-state index contributed by atoms with van der Waals surface area (Å²) in [6.07, 6.45) is 0.145. The molecule has 0 bridgehead atoms. The average molecular weight is 257 g/mol. The minimum absolute atomic E-state index is 0.145. The number of carbonyl (C=O) groups excluding carboxylic acids is 2. The van der Waals surface area contributed by atoms with Crippen LogP contribution in [0.3, 0.4) is 0 Å². The van der Waals surface area contributed by atoms with Gasteiger partial charge in [-0.1, -0.05) is 23.9 Å². The topological polar surface area (TPSA) is 37.4 Å². The van der Waals surface area contributed by atoms with Crippen molar-refractivity contribution in [2.45, 2.75) is 17.1 Å². The SMILES string of the molecule is O=C1CCN(c2ccccc2SC(F)F)C1=O. The number of carbonyl (C=O) groups is 2. The molecule has 1 aromatic carbocycles. The number of para-hydroxylation sites is 1. The lowest BCUT2D eigenvalue weighted by atomic mass is 10.3. The zero-order chi connectivity index (χ0) is 12.4. The standard InChI is InChI=1S/C11H9F2NO2S/c12-11(13)17-9-4-2-1-3-7(9)14-6-5-8(15)10(14)16/h1-4,11H,5-6H2. The summed E-state index contributed by atoms with van der Waals surface area (Å²) in [5.74, 6) is -3.64. The van der Waals surface area contributed by atoms with Gasteiger partial charge in [0.05, 0.1) is 5.69 Å². The molecule has 1 aliphatic rings. The largest absolute Gasteiger partial charge is 0.304 e. The van der Waals surface area contributed by atoms with Crippen LogP contribution in [0.25, 0.3) is 0 Å². The van der Waals surface area contributed by atoms with Gasteiger partial charge in [-0.15, -0.1) is 0 Å². The van der Waals surface area contributed by atoms with Gasteiger partial charge < -0.3 is 4.90 Å². The van der Waals surface area contributed by atoms with E-state index < -0.39 is 17.4 Å². The van der Waals surface area contributed by atoms with Crippen molar-refractivity contribution in [3.63, 3.8) is 0 Å². The Bertz CT molecular complexity index is 465. The molecule has 0 spiro atoms. The predicted octanol–water partition coefficient (Wildman–Crippen LogP) is 2.31. The van der Waals surface area contributed by atoms with Gasteiger partial charge in [0.1, 0.15) is 0 Å². The van der Waals surface area contributed by atoms with Gasteiger partial charge in [-0.05, 0) is 12.1 Å². The molecule has 17 heavy (non-hydrogen) atoms. The Morgan fingerprint density at radius 2 is 1.94 bits per heavy atom. The zero-order valence-corrected chi connectivity index (χ0v) is 9.55. The van der Waals surface area contributed by atoms with E-state index in [1.807, 2.05) is 0 Å². The molecule has 6 heteroatoms. The molecule has 0 atom stereocenters. The molecule has 0 saturated carbocycles. The van der Waals surface area contributed by atoms with E-state index in [4.69, 9.17) is 0 Å². The zero-order valence-electron chi connectivity index (χ0n) is 8.73. The molecule has 0 aromatic heterocycles. The third-order valence-electron chi connectivity index (χ3n) is 2.42. The molecule has 1 aliphatic heterocycles. The number of hydrogen-bond acceptors (Lipinski definition) is 3. The maximum atomic E-state index is 12.4. The second-order valence-electron chi connectivity index (χ2n) is 3.48. The van der Waals surface area contributed by atoms with Crippen molar-refractivity contribution in [1.29, 1.82) is 0 Å². The van der Waals surface area contributed by atoms with Gasteiger partial charge in [0.2, 0.25) is 5.78 Å². The van der Waals surface area contributed by atoms with Crippen LogP contribution < -0.4 is 4.90 Å². The van der Waals surface area contributed by atoms with Crippen molar-refractivity contribution in [2.24, 2.45) is 0 Å². The number of amides is 1. The lowest BCUT2D eigenvalue weighted by Gasteiger charge is -2.18. The summed E-state index contributed by atoms with van der Waals surface area (Å²) in [6.45, 7) is 0.262. The Kier molecular flexibility index (Phi) is 3.42. The number of anilines is 1. The minimum atomic E-state index is -2.55. The van der Waals surface area contributed by atoms with Crippen molar-refractivity contribution in [3.05, 3.63) is 24.3 Å². The van der Waals surface area contributed by atoms with Crippen LogP contribution in [-0.4, -0.2) is 24.0 Å². The summed E-state index contributed by atoms with van der Waals surface area (Å²) >= 11 is 0.377. The number of Topliss-reactive ketones (excluding diaryl/α,β-unsaturated/α-hetero) is 1. The van der Waals surface area contributed by atoms with Crippen molar-refractivity contribution in [3.8, 4) is 0 Å². The number of thioether (sulfide) groups is 1. The molecule has 0 N–H and O–H groups in total. The fourth-order valence-electron chi connectivity index (χ4n) is 1.68. The Morgan fingerprint density at radius 3 is 2.53 bits per heavy atom. The summed E-state index contributed by atoms with van der Waals surface area (Å²) in [6, 6.07) is 6.36. The molecule has 0 aliphatic carbocycles. The van der Waals surface area contributed by atoms with Crippen molar-refractivity contribution >= 4 is 29.1 Å². The smallest absolute Gasteiger partial charge is 0.294 e. The Morgan fingerprint density at radius 1 is 1.24 bits per heavy atom. The van der Waals surface area contributed by atoms with E-state index in [-0.39, 0.29) is 13.0 Å². The molecule has 1 heterocycles. The highest BCUT2D eigenvalue weighted by atomic mass is 32.2. The first-order valence-corrected chi connectivity index (χ1v) is 5.86. The van der Waals surface area contributed by atoms with Crippen molar-refractivity contribution in [2.75, 3.05) is 11.4 Å². The van der Waals surface area contributed by atoms with Gasteiger partial charge in [-0.3, -0.25) is 9.59 Å². The van der Waals surface area contributed by atoms with Gasteiger partial charge >= 0.3 is 0 Å². The van der Waals surface area contributed by atoms with E-state index in [1.54, 1.807) is 18.2 Å². The highest BCUT2D eigenvalue weighted by Gasteiger charge is 2.31. The molecule has 0 radical (unpaired) electrons. The van der Waals surface area contributed by atoms with Crippen LogP contribution in [0, 0.1) is 0 Å². The number of nitrogens with zero attached hydrogens (tertiary/aromatic N) is 1. The molecule has 3 nitrogen and oxygen atoms in total. The fraction of sp³-hybridized carbons (Fsp3) is 0.273. The second-order valence-corrected chi connectivity index (χ2v) is 4.51. The van der Waals surface area contributed by atoms with Gasteiger partial charge in [-0.2, -0.15) is 8.78 Å². The van der Waals surface area contributed by atoms with E-state index >= 15 is 0 Å². The van der Waals surface area contributed by atoms with Gasteiger partial charge in [0, 0.05) is 17.9 Å². The molecule has 1 aromatic rings. The predicted molar refractivity (Wildman–Crippen MR) is 60.3 cm³/mol. The first kappa shape index (κ1) is 12.0. The summed E-state index contributed by atoms with van der Waals surface area (Å²) in [4.78, 5) is 24.2. The summed E-state index contributed by atoms with van der Waals surface area (Å²) in [5.41, 5.74) is 0.383. The van der Waals surface area contributed by atoms with Gasteiger partial charge in [0.25, 0.3) is 11.7 Å². The number of halogens is 2. The highest BCUT2D eigenvalue weighted by molar-refractivity contribution is 7.99. The summed E-state index contributed by atoms with van der Waals surface area (Å²) < 4.78 is 24.7. The van der Waals surface area contributed by atoms with Gasteiger partial charge in [-0.25, -0.2) is 0 Å². The van der Waals surface area contributed by atoms with Crippen molar-refractivity contribution < 1.29 is 18.4 Å². The molecule has 90 valence electrons. The monoisotopic (exact) mass is 257 g/mol.